The number of hydrogen-bond donors (Lipinski definition) is 3. The number of aliphatic hydroxyl groups is 1. The maximum absolute atomic E-state index is 13.1. The van der Waals surface area contributed by atoms with Gasteiger partial charge in [-0.05, 0) is 63.2 Å². The Morgan fingerprint density at radius 1 is 0.330 bits per heavy atom. The molecule has 0 radical (unpaired) electrons. The van der Waals surface area contributed by atoms with Crippen LogP contribution in [0.3, 0.4) is 0 Å². The molecule has 3 N–H and O–H groups in total. The Bertz CT molecular complexity index is 1910. The van der Waals surface area contributed by atoms with Gasteiger partial charge >= 0.3 is 39.5 Å². The Hall–Kier alpha value is -2.46. The molecule has 94 heavy (non-hydrogen) atoms. The fourth-order valence-corrected chi connectivity index (χ4v) is 12.5. The molecule has 0 heterocycles. The second-order valence-electron chi connectivity index (χ2n) is 27.3. The number of ether oxygens (including phenoxy) is 4. The molecule has 0 aliphatic rings. The third-order valence-corrected chi connectivity index (χ3v) is 18.7. The van der Waals surface area contributed by atoms with Gasteiger partial charge in [0.15, 0.2) is 12.2 Å². The van der Waals surface area contributed by atoms with Gasteiger partial charge in [-0.25, -0.2) is 9.13 Å². The smallest absolute Gasteiger partial charge is 0.462 e. The Morgan fingerprint density at radius 3 is 0.872 bits per heavy atom. The van der Waals surface area contributed by atoms with E-state index in [0.717, 1.165) is 121 Å². The van der Waals surface area contributed by atoms with Crippen LogP contribution >= 0.6 is 15.6 Å². The van der Waals surface area contributed by atoms with E-state index in [4.69, 9.17) is 37.0 Å². The van der Waals surface area contributed by atoms with E-state index in [0.29, 0.717) is 31.6 Å². The van der Waals surface area contributed by atoms with Crippen molar-refractivity contribution in [2.75, 3.05) is 39.6 Å². The van der Waals surface area contributed by atoms with Gasteiger partial charge in [-0.1, -0.05) is 310 Å². The molecule has 0 amide bonds. The van der Waals surface area contributed by atoms with Crippen LogP contribution in [0, 0.1) is 11.8 Å². The minimum Gasteiger partial charge on any atom is -0.462 e. The van der Waals surface area contributed by atoms with E-state index in [1.165, 1.54) is 154 Å². The Labute approximate surface area is 573 Å². The summed E-state index contributed by atoms with van der Waals surface area (Å²) in [4.78, 5) is 72.7. The van der Waals surface area contributed by atoms with Crippen molar-refractivity contribution in [2.45, 2.75) is 381 Å². The van der Waals surface area contributed by atoms with Gasteiger partial charge in [0, 0.05) is 25.7 Å². The molecule has 0 bridgehead atoms. The lowest BCUT2D eigenvalue weighted by Gasteiger charge is -2.21. The van der Waals surface area contributed by atoms with E-state index < -0.39 is 97.5 Å². The molecule has 0 aliphatic carbocycles. The summed E-state index contributed by atoms with van der Waals surface area (Å²) in [5.74, 6) is -0.651. The van der Waals surface area contributed by atoms with Gasteiger partial charge in [0.25, 0.3) is 0 Å². The standard InChI is InChI=1S/C75H142O17P2/c1-7-9-11-13-15-17-19-21-22-26-30-33-39-45-51-57-72(77)85-63-70(91-75(80)60-54-48-41-35-31-27-24-23-25-28-32-37-43-49-55-67(3)4)65-89-93(81,82)87-61-69(76)62-88-94(83,84)90-66-71(64-86-73(78)58-52-46-42-36-38-44-50-56-68(5)6)92-74(79)59-53-47-40-34-29-20-18-16-14-12-10-8-2/h17,19,21-22,67-71,76H,7-16,18,20,23-66H2,1-6H3,(H,81,82)(H,83,84)/b19-17-,22-21-/t69-,70-,71-/m1/s1. The Balaban J connectivity index is 5.28. The largest absolute Gasteiger partial charge is 0.472 e. The third kappa shape index (κ3) is 68.1. The molecule has 0 aromatic rings. The summed E-state index contributed by atoms with van der Waals surface area (Å²) in [6.45, 7) is 9.48. The van der Waals surface area contributed by atoms with Crippen molar-refractivity contribution in [2.24, 2.45) is 11.8 Å². The molecule has 0 saturated heterocycles. The van der Waals surface area contributed by atoms with Crippen molar-refractivity contribution < 1.29 is 80.2 Å². The lowest BCUT2D eigenvalue weighted by molar-refractivity contribution is -0.161. The molecule has 0 fully saturated rings. The second kappa shape index (κ2) is 66.4. The van der Waals surface area contributed by atoms with Crippen LogP contribution in [-0.4, -0.2) is 96.7 Å². The van der Waals surface area contributed by atoms with Crippen molar-refractivity contribution >= 4 is 39.5 Å². The lowest BCUT2D eigenvalue weighted by Crippen LogP contribution is -2.30. The lowest BCUT2D eigenvalue weighted by atomic mass is 10.0. The van der Waals surface area contributed by atoms with E-state index in [1.54, 1.807) is 0 Å². The van der Waals surface area contributed by atoms with Crippen LogP contribution in [0.15, 0.2) is 24.3 Å². The average Bonchev–Trinajstić information content (AvgIpc) is 1.95. The topological polar surface area (TPSA) is 237 Å². The summed E-state index contributed by atoms with van der Waals surface area (Å²) in [6, 6.07) is 0. The van der Waals surface area contributed by atoms with Gasteiger partial charge in [0.2, 0.25) is 0 Å². The maximum atomic E-state index is 13.1. The van der Waals surface area contributed by atoms with Crippen LogP contribution in [0.25, 0.3) is 0 Å². The van der Waals surface area contributed by atoms with Gasteiger partial charge in [-0.2, -0.15) is 0 Å². The van der Waals surface area contributed by atoms with Crippen molar-refractivity contribution in [3.8, 4) is 0 Å². The second-order valence-corrected chi connectivity index (χ2v) is 30.2. The summed E-state index contributed by atoms with van der Waals surface area (Å²) < 4.78 is 68.4. The Kier molecular flexibility index (Phi) is 64.7. The van der Waals surface area contributed by atoms with Crippen LogP contribution in [0.5, 0.6) is 0 Å². The number of carbonyl (C=O) groups is 4. The summed E-state index contributed by atoms with van der Waals surface area (Å²) in [7, 11) is -9.92. The maximum Gasteiger partial charge on any atom is 0.472 e. The van der Waals surface area contributed by atoms with Crippen LogP contribution in [-0.2, 0) is 65.4 Å². The van der Waals surface area contributed by atoms with E-state index in [9.17, 15) is 43.2 Å². The molecule has 19 heteroatoms. The fourth-order valence-electron chi connectivity index (χ4n) is 10.9. The minimum atomic E-state index is -4.96. The monoisotopic (exact) mass is 1380 g/mol. The van der Waals surface area contributed by atoms with E-state index in [1.807, 2.05) is 0 Å². The van der Waals surface area contributed by atoms with Crippen LogP contribution in [0.1, 0.15) is 363 Å². The summed E-state index contributed by atoms with van der Waals surface area (Å²) in [5.41, 5.74) is 0. The molecule has 0 rings (SSSR count). The van der Waals surface area contributed by atoms with Gasteiger partial charge in [0.05, 0.1) is 26.4 Å². The first-order valence-corrected chi connectivity index (χ1v) is 41.3. The van der Waals surface area contributed by atoms with Crippen molar-refractivity contribution in [3.63, 3.8) is 0 Å². The van der Waals surface area contributed by atoms with Crippen LogP contribution in [0.4, 0.5) is 0 Å². The molecule has 17 nitrogen and oxygen atoms in total. The number of rotatable bonds is 72. The minimum absolute atomic E-state index is 0.100. The molecule has 0 aliphatic heterocycles. The van der Waals surface area contributed by atoms with E-state index in [2.05, 4.69) is 65.8 Å². The highest BCUT2D eigenvalue weighted by Crippen LogP contribution is 2.45. The van der Waals surface area contributed by atoms with Crippen LogP contribution in [0.2, 0.25) is 0 Å². The van der Waals surface area contributed by atoms with Gasteiger partial charge in [-0.3, -0.25) is 37.3 Å². The predicted octanol–water partition coefficient (Wildman–Crippen LogP) is 21.5. The Morgan fingerprint density at radius 2 is 0.574 bits per heavy atom. The SMILES string of the molecule is CCCCCC/C=C\C=C/CCCCCCCC(=O)OC[C@H](COP(=O)(O)OC[C@@H](O)COP(=O)(O)OC[C@@H](COC(=O)CCCCCCCCCC(C)C)OC(=O)CCCCCCCCCCCCCC)OC(=O)CCCCCCCCCCCCCCCCC(C)C. The van der Waals surface area contributed by atoms with E-state index >= 15 is 0 Å². The number of aliphatic hydroxyl groups excluding tert-OH is 1. The summed E-state index contributed by atoms with van der Waals surface area (Å²) in [6.07, 6.45) is 56.3. The molecular weight excluding hydrogens is 1230 g/mol. The molecular formula is C75H142O17P2. The normalized spacial score (nSPS) is 14.2. The number of carbonyl (C=O) groups excluding carboxylic acids is 4. The number of hydrogen-bond acceptors (Lipinski definition) is 15. The highest BCUT2D eigenvalue weighted by Gasteiger charge is 2.30. The summed E-state index contributed by atoms with van der Waals surface area (Å²) >= 11 is 0. The number of esters is 4. The van der Waals surface area contributed by atoms with Gasteiger partial charge in [-0.15, -0.1) is 0 Å². The highest BCUT2D eigenvalue weighted by molar-refractivity contribution is 7.47. The predicted molar refractivity (Wildman–Crippen MR) is 381 cm³/mol. The summed E-state index contributed by atoms with van der Waals surface area (Å²) in [5, 5.41) is 10.6. The van der Waals surface area contributed by atoms with Crippen molar-refractivity contribution in [3.05, 3.63) is 24.3 Å². The number of phosphoric acid groups is 2. The first kappa shape index (κ1) is 91.5. The quantitative estimate of drug-likeness (QED) is 0.0169. The van der Waals surface area contributed by atoms with Gasteiger partial charge in [0.1, 0.15) is 19.3 Å². The van der Waals surface area contributed by atoms with Gasteiger partial charge < -0.3 is 33.8 Å². The fraction of sp³-hybridized carbons (Fsp3) is 0.893. The molecule has 2 unspecified atom stereocenters. The highest BCUT2D eigenvalue weighted by atomic mass is 31.2. The zero-order valence-corrected chi connectivity index (χ0v) is 62.5. The van der Waals surface area contributed by atoms with Crippen molar-refractivity contribution in [1.29, 1.82) is 0 Å². The first-order valence-electron chi connectivity index (χ1n) is 38.3. The van der Waals surface area contributed by atoms with Crippen molar-refractivity contribution in [1.82, 2.24) is 0 Å². The third-order valence-electron chi connectivity index (χ3n) is 16.8. The molecule has 0 aromatic carbocycles. The molecule has 5 atom stereocenters. The zero-order valence-electron chi connectivity index (χ0n) is 60.7. The first-order chi connectivity index (χ1) is 45.4. The molecule has 554 valence electrons. The van der Waals surface area contributed by atoms with E-state index in [-0.39, 0.29) is 25.7 Å². The zero-order chi connectivity index (χ0) is 69.3. The molecule has 0 saturated carbocycles. The number of unbranched alkanes of at least 4 members (excludes halogenated alkanes) is 39. The molecule has 0 aromatic heterocycles. The average molecular weight is 1380 g/mol. The number of allylic oxidation sites excluding steroid dienone is 4. The number of phosphoric ester groups is 2. The van der Waals surface area contributed by atoms with Crippen LogP contribution < -0.4 is 0 Å². The molecule has 0 spiro atoms.